The highest BCUT2D eigenvalue weighted by atomic mass is 16.5. The fraction of sp³-hybridized carbons (Fsp3) is 0.615. The number of amidine groups is 1. The van der Waals surface area contributed by atoms with E-state index in [1.165, 1.54) is 0 Å². The molecule has 1 aromatic carbocycles. The Labute approximate surface area is 196 Å². The summed E-state index contributed by atoms with van der Waals surface area (Å²) in [5, 5.41) is 3.56. The molecule has 2 fully saturated rings. The van der Waals surface area contributed by atoms with Crippen molar-refractivity contribution in [3.8, 4) is 0 Å². The van der Waals surface area contributed by atoms with Crippen molar-refractivity contribution in [1.29, 1.82) is 0 Å². The maximum absolute atomic E-state index is 13.9. The molecule has 1 N–H and O–H groups in total. The van der Waals surface area contributed by atoms with Gasteiger partial charge in [0.25, 0.3) is 0 Å². The van der Waals surface area contributed by atoms with Gasteiger partial charge in [0.15, 0.2) is 0 Å². The number of allylic oxidation sites excluding steroid dienone is 1. The first-order valence-corrected chi connectivity index (χ1v) is 12.4. The summed E-state index contributed by atoms with van der Waals surface area (Å²) < 4.78 is 11.3. The summed E-state index contributed by atoms with van der Waals surface area (Å²) in [7, 11) is 1.78. The number of nitrogens with zero attached hydrogens (tertiary/aromatic N) is 3. The van der Waals surface area contributed by atoms with E-state index >= 15 is 0 Å². The third-order valence-corrected chi connectivity index (χ3v) is 7.49. The predicted molar refractivity (Wildman–Crippen MR) is 132 cm³/mol. The lowest BCUT2D eigenvalue weighted by Crippen LogP contribution is -2.42. The van der Waals surface area contributed by atoms with E-state index in [0.29, 0.717) is 12.5 Å². The van der Waals surface area contributed by atoms with Gasteiger partial charge in [-0.25, -0.2) is 4.99 Å². The van der Waals surface area contributed by atoms with Crippen LogP contribution in [-0.4, -0.2) is 57.8 Å². The summed E-state index contributed by atoms with van der Waals surface area (Å²) >= 11 is 0. The van der Waals surface area contributed by atoms with Gasteiger partial charge in [0, 0.05) is 50.5 Å². The molecular formula is C26H36N4O3. The van der Waals surface area contributed by atoms with Crippen molar-refractivity contribution in [2.24, 2.45) is 22.7 Å². The van der Waals surface area contributed by atoms with Crippen LogP contribution in [0.1, 0.15) is 39.0 Å². The second-order valence-electron chi connectivity index (χ2n) is 9.94. The number of benzene rings is 1. The Balaban J connectivity index is 1.47. The minimum atomic E-state index is 0.0529. The maximum Gasteiger partial charge on any atom is 0.230 e. The van der Waals surface area contributed by atoms with Crippen molar-refractivity contribution < 1.29 is 14.3 Å². The fourth-order valence-corrected chi connectivity index (χ4v) is 5.56. The van der Waals surface area contributed by atoms with Gasteiger partial charge in [0.2, 0.25) is 5.91 Å². The number of methoxy groups -OCH3 is 1. The number of carbonyl (C=O) groups excluding carboxylic acids is 1. The number of ether oxygens (including phenoxy) is 2. The lowest BCUT2D eigenvalue weighted by molar-refractivity contribution is -0.124. The van der Waals surface area contributed by atoms with Crippen molar-refractivity contribution in [3.63, 3.8) is 0 Å². The Morgan fingerprint density at radius 1 is 1.21 bits per heavy atom. The van der Waals surface area contributed by atoms with Gasteiger partial charge in [-0.3, -0.25) is 4.79 Å². The van der Waals surface area contributed by atoms with Gasteiger partial charge in [-0.05, 0) is 56.2 Å². The molecule has 7 heteroatoms. The van der Waals surface area contributed by atoms with E-state index in [2.05, 4.69) is 46.4 Å². The van der Waals surface area contributed by atoms with E-state index in [9.17, 15) is 4.79 Å². The molecule has 7 nitrogen and oxygen atoms in total. The molecule has 0 spiro atoms. The number of hydrogen-bond donors (Lipinski definition) is 1. The van der Waals surface area contributed by atoms with E-state index in [4.69, 9.17) is 9.47 Å². The van der Waals surface area contributed by atoms with Crippen LogP contribution >= 0.6 is 0 Å². The number of carbonyl (C=O) groups is 1. The Morgan fingerprint density at radius 3 is 2.88 bits per heavy atom. The highest BCUT2D eigenvalue weighted by Gasteiger charge is 2.35. The van der Waals surface area contributed by atoms with E-state index in [-0.39, 0.29) is 23.8 Å². The summed E-state index contributed by atoms with van der Waals surface area (Å²) in [6.45, 7) is 6.24. The zero-order valence-electron chi connectivity index (χ0n) is 19.8. The fourth-order valence-electron chi connectivity index (χ4n) is 5.56. The standard InChI is InChI=1S/C26H36N4O3/c1-18-15-29(12-13-33-17-18)21-7-10-23-24(14-21)30(16-20-4-3-11-27-25(20)28-23)26(31)19-5-8-22(32-2)9-6-19/h3,7,10-11,14,18-20,22H,4-6,8-9,12-13,15-17H2,1-2H3,(H,27,28). The van der Waals surface area contributed by atoms with E-state index in [1.54, 1.807) is 7.11 Å². The maximum atomic E-state index is 13.9. The van der Waals surface area contributed by atoms with Gasteiger partial charge in [-0.2, -0.15) is 0 Å². The molecule has 3 heterocycles. The molecule has 1 saturated heterocycles. The topological polar surface area (TPSA) is 66.4 Å². The minimum absolute atomic E-state index is 0.0529. The first-order valence-electron chi connectivity index (χ1n) is 12.4. The van der Waals surface area contributed by atoms with E-state index in [1.807, 2.05) is 11.1 Å². The number of hydrogen-bond acceptors (Lipinski definition) is 6. The van der Waals surface area contributed by atoms with Crippen LogP contribution in [0.25, 0.3) is 0 Å². The van der Waals surface area contributed by atoms with Crippen LogP contribution in [-0.2, 0) is 14.3 Å². The molecule has 1 aromatic rings. The van der Waals surface area contributed by atoms with Crippen molar-refractivity contribution in [2.45, 2.75) is 45.1 Å². The van der Waals surface area contributed by atoms with Crippen LogP contribution < -0.4 is 15.1 Å². The second kappa shape index (κ2) is 9.85. The molecule has 1 saturated carbocycles. The van der Waals surface area contributed by atoms with Gasteiger partial charge in [0.05, 0.1) is 30.7 Å². The normalized spacial score (nSPS) is 29.8. The number of rotatable bonds is 3. The first kappa shape index (κ1) is 22.4. The highest BCUT2D eigenvalue weighted by molar-refractivity contribution is 6.08. The van der Waals surface area contributed by atoms with Crippen molar-refractivity contribution >= 4 is 28.8 Å². The number of fused-ring (bicyclic) bond motifs is 2. The van der Waals surface area contributed by atoms with E-state index in [0.717, 1.165) is 81.3 Å². The average molecular weight is 453 g/mol. The SMILES string of the molecule is COC1CCC(C(=O)N2CC3CC=CN=C3Nc3ccc(N4CCOCC(C)C4)cc32)CC1. The van der Waals surface area contributed by atoms with Crippen molar-refractivity contribution in [2.75, 3.05) is 55.1 Å². The van der Waals surface area contributed by atoms with Gasteiger partial charge < -0.3 is 24.6 Å². The van der Waals surface area contributed by atoms with Crippen molar-refractivity contribution in [1.82, 2.24) is 0 Å². The largest absolute Gasteiger partial charge is 0.381 e. The monoisotopic (exact) mass is 452 g/mol. The average Bonchev–Trinajstić information content (AvgIpc) is 3.17. The third-order valence-electron chi connectivity index (χ3n) is 7.49. The number of anilines is 3. The predicted octanol–water partition coefficient (Wildman–Crippen LogP) is 4.06. The third kappa shape index (κ3) is 4.80. The van der Waals surface area contributed by atoms with Crippen LogP contribution in [0, 0.1) is 17.8 Å². The summed E-state index contributed by atoms with van der Waals surface area (Å²) in [6, 6.07) is 6.48. The highest BCUT2D eigenvalue weighted by Crippen LogP contribution is 2.38. The van der Waals surface area contributed by atoms with Gasteiger partial charge in [-0.15, -0.1) is 0 Å². The molecule has 178 valence electrons. The van der Waals surface area contributed by atoms with Gasteiger partial charge in [0.1, 0.15) is 5.84 Å². The van der Waals surface area contributed by atoms with Crippen LogP contribution in [0.15, 0.2) is 35.5 Å². The Bertz CT molecular complexity index is 922. The Kier molecular flexibility index (Phi) is 6.69. The molecule has 5 rings (SSSR count). The molecule has 1 aliphatic carbocycles. The van der Waals surface area contributed by atoms with Crippen LogP contribution in [0.5, 0.6) is 0 Å². The molecule has 1 amide bonds. The van der Waals surface area contributed by atoms with E-state index < -0.39 is 0 Å². The summed E-state index contributed by atoms with van der Waals surface area (Å²) in [6.07, 6.45) is 8.84. The number of aliphatic imine (C=N–C) groups is 1. The summed E-state index contributed by atoms with van der Waals surface area (Å²) in [5.41, 5.74) is 3.09. The smallest absolute Gasteiger partial charge is 0.230 e. The van der Waals surface area contributed by atoms with Crippen LogP contribution in [0.2, 0.25) is 0 Å². The number of nitrogens with one attached hydrogen (secondary N) is 1. The molecule has 0 bridgehead atoms. The second-order valence-corrected chi connectivity index (χ2v) is 9.94. The van der Waals surface area contributed by atoms with Crippen LogP contribution in [0.4, 0.5) is 17.1 Å². The number of amides is 1. The molecule has 0 aromatic heterocycles. The molecule has 2 unspecified atom stereocenters. The molecular weight excluding hydrogens is 416 g/mol. The van der Waals surface area contributed by atoms with Gasteiger partial charge in [-0.1, -0.05) is 13.0 Å². The molecule has 2 atom stereocenters. The summed E-state index contributed by atoms with van der Waals surface area (Å²) in [5.74, 6) is 1.92. The Morgan fingerprint density at radius 2 is 2.06 bits per heavy atom. The zero-order chi connectivity index (χ0) is 22.8. The molecule has 4 aliphatic rings. The minimum Gasteiger partial charge on any atom is -0.381 e. The van der Waals surface area contributed by atoms with Gasteiger partial charge >= 0.3 is 0 Å². The molecule has 33 heavy (non-hydrogen) atoms. The summed E-state index contributed by atoms with van der Waals surface area (Å²) in [4.78, 5) is 23.0. The lowest BCUT2D eigenvalue weighted by Gasteiger charge is -2.33. The zero-order valence-corrected chi connectivity index (χ0v) is 19.8. The van der Waals surface area contributed by atoms with Crippen molar-refractivity contribution in [3.05, 3.63) is 30.5 Å². The molecule has 0 radical (unpaired) electrons. The Hall–Kier alpha value is -2.38. The lowest BCUT2D eigenvalue weighted by atomic mass is 9.86. The van der Waals surface area contributed by atoms with Crippen LogP contribution in [0.3, 0.4) is 0 Å². The molecule has 3 aliphatic heterocycles. The quantitative estimate of drug-likeness (QED) is 0.749. The first-order chi connectivity index (χ1) is 16.1.